The van der Waals surface area contributed by atoms with E-state index in [1.807, 2.05) is 0 Å². The fraction of sp³-hybridized carbons (Fsp3) is 0.105. The summed E-state index contributed by atoms with van der Waals surface area (Å²) >= 11 is 1.44. The standard InChI is InChI=1S/C19H14FN3O3S/c20-13-5-1-11(2-6-13)17-15-9-21-23(18(15)22-16(24)10-27-17)14-7-3-12(4-8-14)19(25)26/h1-9,17H,10H2,(H,22,24)(H,25,26)/t17-/m0/s1. The molecule has 0 radical (unpaired) electrons. The van der Waals surface area contributed by atoms with Gasteiger partial charge in [0.25, 0.3) is 0 Å². The minimum absolute atomic E-state index is 0.158. The number of nitrogens with one attached hydrogen (secondary N) is 1. The second kappa shape index (κ2) is 6.88. The first kappa shape index (κ1) is 17.3. The van der Waals surface area contributed by atoms with Crippen molar-refractivity contribution in [3.05, 3.63) is 77.2 Å². The smallest absolute Gasteiger partial charge is 0.335 e. The lowest BCUT2D eigenvalue weighted by Crippen LogP contribution is -2.15. The van der Waals surface area contributed by atoms with E-state index in [-0.39, 0.29) is 28.3 Å². The maximum Gasteiger partial charge on any atom is 0.335 e. The molecule has 1 atom stereocenters. The van der Waals surface area contributed by atoms with E-state index in [1.165, 1.54) is 36.0 Å². The van der Waals surface area contributed by atoms with E-state index >= 15 is 0 Å². The van der Waals surface area contributed by atoms with E-state index in [2.05, 4.69) is 10.4 Å². The molecule has 4 rings (SSSR count). The summed E-state index contributed by atoms with van der Waals surface area (Å²) < 4.78 is 14.8. The van der Waals surface area contributed by atoms with Gasteiger partial charge in [0, 0.05) is 5.56 Å². The van der Waals surface area contributed by atoms with Gasteiger partial charge in [0.2, 0.25) is 5.91 Å². The Morgan fingerprint density at radius 3 is 2.56 bits per heavy atom. The van der Waals surface area contributed by atoms with Gasteiger partial charge in [-0.05, 0) is 42.0 Å². The minimum Gasteiger partial charge on any atom is -0.478 e. The predicted molar refractivity (Wildman–Crippen MR) is 99.9 cm³/mol. The average molecular weight is 383 g/mol. The monoisotopic (exact) mass is 383 g/mol. The molecule has 2 heterocycles. The third-order valence-corrected chi connectivity index (χ3v) is 5.54. The van der Waals surface area contributed by atoms with Crippen LogP contribution in [0.2, 0.25) is 0 Å². The van der Waals surface area contributed by atoms with Crippen LogP contribution in [-0.2, 0) is 4.79 Å². The summed E-state index contributed by atoms with van der Waals surface area (Å²) in [6.07, 6.45) is 1.67. The van der Waals surface area contributed by atoms with Crippen molar-refractivity contribution < 1.29 is 19.1 Å². The van der Waals surface area contributed by atoms with Crippen molar-refractivity contribution >= 4 is 29.5 Å². The molecule has 0 fully saturated rings. The van der Waals surface area contributed by atoms with Crippen LogP contribution in [0, 0.1) is 5.82 Å². The van der Waals surface area contributed by atoms with Gasteiger partial charge < -0.3 is 10.4 Å². The summed E-state index contributed by atoms with van der Waals surface area (Å²) in [5.41, 5.74) is 2.48. The highest BCUT2D eigenvalue weighted by Crippen LogP contribution is 2.42. The number of rotatable bonds is 3. The molecule has 6 nitrogen and oxygen atoms in total. The van der Waals surface area contributed by atoms with Crippen LogP contribution in [-0.4, -0.2) is 32.5 Å². The summed E-state index contributed by atoms with van der Waals surface area (Å²) in [6, 6.07) is 12.4. The summed E-state index contributed by atoms with van der Waals surface area (Å²) in [4.78, 5) is 23.2. The maximum absolute atomic E-state index is 13.3. The van der Waals surface area contributed by atoms with Crippen LogP contribution in [0.3, 0.4) is 0 Å². The van der Waals surface area contributed by atoms with Crippen LogP contribution >= 0.6 is 11.8 Å². The van der Waals surface area contributed by atoms with E-state index in [0.29, 0.717) is 11.5 Å². The van der Waals surface area contributed by atoms with Crippen LogP contribution in [0.1, 0.15) is 26.7 Å². The number of carbonyl (C=O) groups excluding carboxylic acids is 1. The number of halogens is 1. The lowest BCUT2D eigenvalue weighted by Gasteiger charge is -2.14. The van der Waals surface area contributed by atoms with E-state index < -0.39 is 5.97 Å². The SMILES string of the molecule is O=C1CS[C@@H](c2ccc(F)cc2)c2cnn(-c3ccc(C(=O)O)cc3)c2N1. The number of aromatic carboxylic acids is 1. The molecule has 0 saturated heterocycles. The molecule has 1 aromatic heterocycles. The van der Waals surface area contributed by atoms with E-state index in [1.54, 1.807) is 35.1 Å². The average Bonchev–Trinajstić information content (AvgIpc) is 2.99. The predicted octanol–water partition coefficient (Wildman–Crippen LogP) is 3.48. The molecule has 8 heteroatoms. The number of fused-ring (bicyclic) bond motifs is 1. The Morgan fingerprint density at radius 2 is 1.89 bits per heavy atom. The molecular formula is C19H14FN3O3S. The molecule has 1 aliphatic heterocycles. The molecule has 0 saturated carbocycles. The first-order chi connectivity index (χ1) is 13.0. The number of hydrogen-bond acceptors (Lipinski definition) is 4. The molecule has 0 spiro atoms. The highest BCUT2D eigenvalue weighted by molar-refractivity contribution is 8.00. The van der Waals surface area contributed by atoms with Gasteiger partial charge in [0.15, 0.2) is 0 Å². The molecule has 2 aromatic carbocycles. The molecule has 0 bridgehead atoms. The number of thioether (sulfide) groups is 1. The lowest BCUT2D eigenvalue weighted by atomic mass is 10.1. The number of hydrogen-bond donors (Lipinski definition) is 2. The molecular weight excluding hydrogens is 369 g/mol. The zero-order valence-corrected chi connectivity index (χ0v) is 14.7. The van der Waals surface area contributed by atoms with E-state index in [4.69, 9.17) is 5.11 Å². The Hall–Kier alpha value is -3.13. The minimum atomic E-state index is -1.01. The Labute approximate surface area is 158 Å². The van der Waals surface area contributed by atoms with Crippen LogP contribution in [0.25, 0.3) is 5.69 Å². The van der Waals surface area contributed by atoms with Crippen molar-refractivity contribution in [1.82, 2.24) is 9.78 Å². The molecule has 3 aromatic rings. The lowest BCUT2D eigenvalue weighted by molar-refractivity contribution is -0.113. The highest BCUT2D eigenvalue weighted by Gasteiger charge is 2.28. The van der Waals surface area contributed by atoms with Gasteiger partial charge in [-0.1, -0.05) is 12.1 Å². The highest BCUT2D eigenvalue weighted by atomic mass is 32.2. The second-order valence-electron chi connectivity index (χ2n) is 6.00. The number of amides is 1. The van der Waals surface area contributed by atoms with Gasteiger partial charge in [0.05, 0.1) is 28.5 Å². The van der Waals surface area contributed by atoms with Crippen molar-refractivity contribution in [3.63, 3.8) is 0 Å². The van der Waals surface area contributed by atoms with Gasteiger partial charge >= 0.3 is 5.97 Å². The summed E-state index contributed by atoms with van der Waals surface area (Å²) in [7, 11) is 0. The maximum atomic E-state index is 13.3. The molecule has 0 unspecified atom stereocenters. The Bertz CT molecular complexity index is 1020. The van der Waals surface area contributed by atoms with Gasteiger partial charge in [0.1, 0.15) is 11.6 Å². The number of benzene rings is 2. The third-order valence-electron chi connectivity index (χ3n) is 4.25. The Kier molecular flexibility index (Phi) is 4.41. The van der Waals surface area contributed by atoms with Gasteiger partial charge in [-0.25, -0.2) is 13.9 Å². The van der Waals surface area contributed by atoms with Crippen LogP contribution < -0.4 is 5.32 Å². The largest absolute Gasteiger partial charge is 0.478 e. The molecule has 2 N–H and O–H groups in total. The van der Waals surface area contributed by atoms with E-state index in [0.717, 1.165) is 11.1 Å². The number of carboxylic acids is 1. The number of carbonyl (C=O) groups is 2. The molecule has 136 valence electrons. The van der Waals surface area contributed by atoms with Crippen molar-refractivity contribution in [2.45, 2.75) is 5.25 Å². The topological polar surface area (TPSA) is 84.2 Å². The fourth-order valence-corrected chi connectivity index (χ4v) is 4.04. The van der Waals surface area contributed by atoms with E-state index in [9.17, 15) is 14.0 Å². The van der Waals surface area contributed by atoms with Crippen molar-refractivity contribution in [3.8, 4) is 5.69 Å². The normalized spacial score (nSPS) is 16.3. The number of anilines is 1. The van der Waals surface area contributed by atoms with Crippen LogP contribution in [0.5, 0.6) is 0 Å². The molecule has 0 aliphatic carbocycles. The molecule has 27 heavy (non-hydrogen) atoms. The summed E-state index contributed by atoms with van der Waals surface area (Å²) in [6.45, 7) is 0. The van der Waals surface area contributed by atoms with Crippen LogP contribution in [0.4, 0.5) is 10.2 Å². The van der Waals surface area contributed by atoms with Crippen LogP contribution in [0.15, 0.2) is 54.7 Å². The number of aromatic nitrogens is 2. The molecule has 1 aliphatic rings. The fourth-order valence-electron chi connectivity index (χ4n) is 2.95. The Balaban J connectivity index is 1.78. The Morgan fingerprint density at radius 1 is 1.19 bits per heavy atom. The molecule has 1 amide bonds. The summed E-state index contributed by atoms with van der Waals surface area (Å²) in [5, 5.41) is 16.1. The van der Waals surface area contributed by atoms with Crippen molar-refractivity contribution in [2.24, 2.45) is 0 Å². The zero-order chi connectivity index (χ0) is 19.0. The van der Waals surface area contributed by atoms with Gasteiger partial charge in [-0.15, -0.1) is 11.8 Å². The van der Waals surface area contributed by atoms with Crippen molar-refractivity contribution in [1.29, 1.82) is 0 Å². The third kappa shape index (κ3) is 3.31. The van der Waals surface area contributed by atoms with Gasteiger partial charge in [-0.2, -0.15) is 5.10 Å². The second-order valence-corrected chi connectivity index (χ2v) is 7.10. The number of carboxylic acid groups (broad SMARTS) is 1. The number of nitrogens with zero attached hydrogens (tertiary/aromatic N) is 2. The van der Waals surface area contributed by atoms with Gasteiger partial charge in [-0.3, -0.25) is 4.79 Å². The zero-order valence-electron chi connectivity index (χ0n) is 13.9. The quantitative estimate of drug-likeness (QED) is 0.723. The first-order valence-corrected chi connectivity index (χ1v) is 9.16. The van der Waals surface area contributed by atoms with Crippen molar-refractivity contribution in [2.75, 3.05) is 11.1 Å². The summed E-state index contributed by atoms with van der Waals surface area (Å²) in [5.74, 6) is -0.700. The first-order valence-electron chi connectivity index (χ1n) is 8.11.